The van der Waals surface area contributed by atoms with Gasteiger partial charge >= 0.3 is 6.18 Å². The number of amides is 2. The molecule has 0 aliphatic rings. The van der Waals surface area contributed by atoms with E-state index in [-0.39, 0.29) is 12.5 Å². The highest BCUT2D eigenvalue weighted by molar-refractivity contribution is 6.30. The van der Waals surface area contributed by atoms with Crippen LogP contribution < -0.4 is 5.32 Å². The van der Waals surface area contributed by atoms with Crippen molar-refractivity contribution in [2.75, 3.05) is 7.05 Å². The molecule has 2 amide bonds. The molecule has 0 spiro atoms. The maximum atomic E-state index is 12.6. The van der Waals surface area contributed by atoms with Gasteiger partial charge in [0.1, 0.15) is 6.04 Å². The Balaban J connectivity index is 1.95. The van der Waals surface area contributed by atoms with Gasteiger partial charge in [0, 0.05) is 24.2 Å². The largest absolute Gasteiger partial charge is 0.416 e. The number of halogens is 4. The van der Waals surface area contributed by atoms with E-state index in [0.717, 1.165) is 12.1 Å². The van der Waals surface area contributed by atoms with Gasteiger partial charge in [0.25, 0.3) is 5.91 Å². The van der Waals surface area contributed by atoms with Gasteiger partial charge in [-0.2, -0.15) is 13.2 Å². The van der Waals surface area contributed by atoms with Gasteiger partial charge in [0.2, 0.25) is 5.91 Å². The fourth-order valence-electron chi connectivity index (χ4n) is 2.42. The van der Waals surface area contributed by atoms with Gasteiger partial charge in [-0.1, -0.05) is 23.7 Å². The summed E-state index contributed by atoms with van der Waals surface area (Å²) in [6.07, 6.45) is -4.40. The molecule has 27 heavy (non-hydrogen) atoms. The smallest absolute Gasteiger partial charge is 0.341 e. The number of nitrogens with zero attached hydrogens (tertiary/aromatic N) is 1. The van der Waals surface area contributed by atoms with E-state index in [0.29, 0.717) is 16.1 Å². The number of rotatable bonds is 5. The third-order valence-corrected chi connectivity index (χ3v) is 4.15. The first-order valence-corrected chi connectivity index (χ1v) is 8.43. The second-order valence-corrected chi connectivity index (χ2v) is 6.53. The first-order valence-electron chi connectivity index (χ1n) is 8.05. The van der Waals surface area contributed by atoms with Crippen LogP contribution in [0.1, 0.15) is 28.4 Å². The quantitative estimate of drug-likeness (QED) is 0.823. The van der Waals surface area contributed by atoms with E-state index in [1.165, 1.54) is 24.1 Å². The van der Waals surface area contributed by atoms with Crippen molar-refractivity contribution in [3.8, 4) is 0 Å². The highest BCUT2D eigenvalue weighted by Crippen LogP contribution is 2.29. The third kappa shape index (κ3) is 5.72. The van der Waals surface area contributed by atoms with Crippen molar-refractivity contribution in [1.29, 1.82) is 0 Å². The molecule has 1 atom stereocenters. The fourth-order valence-corrected chi connectivity index (χ4v) is 2.55. The molecule has 0 unspecified atom stereocenters. The van der Waals surface area contributed by atoms with E-state index in [2.05, 4.69) is 5.32 Å². The molecule has 144 valence electrons. The van der Waals surface area contributed by atoms with Crippen LogP contribution in [0, 0.1) is 0 Å². The molecule has 0 aromatic heterocycles. The minimum atomic E-state index is -4.40. The predicted octanol–water partition coefficient (Wildman–Crippen LogP) is 4.14. The molecular formula is C19H18ClF3N2O2. The van der Waals surface area contributed by atoms with Crippen LogP contribution in [-0.2, 0) is 17.5 Å². The first kappa shape index (κ1) is 20.8. The summed E-state index contributed by atoms with van der Waals surface area (Å²) in [4.78, 5) is 25.9. The van der Waals surface area contributed by atoms with Gasteiger partial charge in [-0.25, -0.2) is 0 Å². The van der Waals surface area contributed by atoms with E-state index in [9.17, 15) is 22.8 Å². The molecule has 0 saturated heterocycles. The lowest BCUT2D eigenvalue weighted by Gasteiger charge is -2.22. The zero-order valence-corrected chi connectivity index (χ0v) is 15.4. The summed E-state index contributed by atoms with van der Waals surface area (Å²) in [5, 5.41) is 3.08. The maximum Gasteiger partial charge on any atom is 0.416 e. The number of carbonyl (C=O) groups is 2. The van der Waals surface area contributed by atoms with Crippen molar-refractivity contribution < 1.29 is 22.8 Å². The van der Waals surface area contributed by atoms with Crippen LogP contribution in [0.4, 0.5) is 13.2 Å². The molecule has 0 saturated carbocycles. The topological polar surface area (TPSA) is 49.4 Å². The molecule has 2 rings (SSSR count). The van der Waals surface area contributed by atoms with Crippen molar-refractivity contribution in [2.24, 2.45) is 0 Å². The van der Waals surface area contributed by atoms with Crippen molar-refractivity contribution >= 4 is 23.4 Å². The van der Waals surface area contributed by atoms with Gasteiger partial charge < -0.3 is 10.2 Å². The second-order valence-electron chi connectivity index (χ2n) is 6.09. The maximum absolute atomic E-state index is 12.6. The molecule has 0 radical (unpaired) electrons. The molecule has 0 aliphatic heterocycles. The van der Waals surface area contributed by atoms with Gasteiger partial charge in [0.05, 0.1) is 5.56 Å². The molecule has 0 fully saturated rings. The lowest BCUT2D eigenvalue weighted by Crippen LogP contribution is -2.45. The monoisotopic (exact) mass is 398 g/mol. The second kappa shape index (κ2) is 8.43. The van der Waals surface area contributed by atoms with E-state index in [1.807, 2.05) is 0 Å². The highest BCUT2D eigenvalue weighted by Gasteiger charge is 2.30. The average molecular weight is 399 g/mol. The Kier molecular flexibility index (Phi) is 6.49. The molecule has 0 heterocycles. The van der Waals surface area contributed by atoms with Gasteiger partial charge in [0.15, 0.2) is 0 Å². The van der Waals surface area contributed by atoms with Crippen LogP contribution in [-0.4, -0.2) is 29.8 Å². The Morgan fingerprint density at radius 3 is 2.15 bits per heavy atom. The molecule has 0 bridgehead atoms. The van der Waals surface area contributed by atoms with Gasteiger partial charge in [-0.3, -0.25) is 9.59 Å². The molecule has 0 aliphatic carbocycles. The number of likely N-dealkylation sites (N-methyl/N-ethyl adjacent to an activating group) is 1. The zero-order valence-electron chi connectivity index (χ0n) is 14.7. The van der Waals surface area contributed by atoms with Crippen LogP contribution >= 0.6 is 11.6 Å². The Morgan fingerprint density at radius 2 is 1.63 bits per heavy atom. The summed E-state index contributed by atoms with van der Waals surface area (Å²) in [5.41, 5.74) is 0.170. The molecule has 2 aromatic rings. The minimum Gasteiger partial charge on any atom is -0.341 e. The summed E-state index contributed by atoms with van der Waals surface area (Å²) in [6, 6.07) is 10.0. The van der Waals surface area contributed by atoms with Crippen LogP contribution in [0.5, 0.6) is 0 Å². The first-order chi connectivity index (χ1) is 12.6. The Morgan fingerprint density at radius 1 is 1.07 bits per heavy atom. The van der Waals surface area contributed by atoms with E-state index in [4.69, 9.17) is 11.6 Å². The van der Waals surface area contributed by atoms with Crippen LogP contribution in [0.2, 0.25) is 5.02 Å². The van der Waals surface area contributed by atoms with E-state index >= 15 is 0 Å². The normalized spacial score (nSPS) is 12.4. The van der Waals surface area contributed by atoms with Crippen molar-refractivity contribution in [3.63, 3.8) is 0 Å². The van der Waals surface area contributed by atoms with Crippen LogP contribution in [0.3, 0.4) is 0 Å². The summed E-state index contributed by atoms with van der Waals surface area (Å²) >= 11 is 5.77. The number of hydrogen-bond donors (Lipinski definition) is 1. The van der Waals surface area contributed by atoms with E-state index < -0.39 is 23.7 Å². The average Bonchev–Trinajstić information content (AvgIpc) is 2.61. The Labute approximate surface area is 159 Å². The number of carbonyl (C=O) groups excluding carboxylic acids is 2. The van der Waals surface area contributed by atoms with Crippen LogP contribution in [0.15, 0.2) is 48.5 Å². The highest BCUT2D eigenvalue weighted by atomic mass is 35.5. The molecule has 2 aromatic carbocycles. The summed E-state index contributed by atoms with van der Waals surface area (Å²) in [7, 11) is 1.52. The number of hydrogen-bond acceptors (Lipinski definition) is 2. The lowest BCUT2D eigenvalue weighted by atomic mass is 10.1. The van der Waals surface area contributed by atoms with Gasteiger partial charge in [-0.15, -0.1) is 0 Å². The minimum absolute atomic E-state index is 0.123. The number of benzene rings is 2. The number of alkyl halides is 3. The van der Waals surface area contributed by atoms with Crippen molar-refractivity contribution in [1.82, 2.24) is 10.2 Å². The number of nitrogens with one attached hydrogen (secondary N) is 1. The van der Waals surface area contributed by atoms with Crippen LogP contribution in [0.25, 0.3) is 0 Å². The standard InChI is InChI=1S/C19H18ClF3N2O2/c1-12(24-17(26)14-5-9-16(20)10-6-14)18(27)25(2)11-13-3-7-15(8-4-13)19(21,22)23/h3-10,12H,11H2,1-2H3,(H,24,26)/t12-/m1/s1. The molecule has 1 N–H and O–H groups in total. The molecule has 8 heteroatoms. The lowest BCUT2D eigenvalue weighted by molar-refractivity contribution is -0.137. The van der Waals surface area contributed by atoms with Gasteiger partial charge in [-0.05, 0) is 48.9 Å². The zero-order chi connectivity index (χ0) is 20.2. The summed E-state index contributed by atoms with van der Waals surface area (Å²) in [5.74, 6) is -0.785. The van der Waals surface area contributed by atoms with E-state index in [1.54, 1.807) is 31.2 Å². The van der Waals surface area contributed by atoms with Crippen molar-refractivity contribution in [2.45, 2.75) is 25.7 Å². The summed E-state index contributed by atoms with van der Waals surface area (Å²) in [6.45, 7) is 1.66. The molecular weight excluding hydrogens is 381 g/mol. The fraction of sp³-hybridized carbons (Fsp3) is 0.263. The Bertz CT molecular complexity index is 805. The SMILES string of the molecule is C[C@@H](NC(=O)c1ccc(Cl)cc1)C(=O)N(C)Cc1ccc(C(F)(F)F)cc1. The Hall–Kier alpha value is -2.54. The van der Waals surface area contributed by atoms with Crippen molar-refractivity contribution in [3.05, 3.63) is 70.2 Å². The third-order valence-electron chi connectivity index (χ3n) is 3.90. The molecule has 4 nitrogen and oxygen atoms in total. The predicted molar refractivity (Wildman–Crippen MR) is 96.3 cm³/mol. The summed E-state index contributed by atoms with van der Waals surface area (Å²) < 4.78 is 37.8.